The van der Waals surface area contributed by atoms with E-state index in [1.165, 1.54) is 0 Å². The van der Waals surface area contributed by atoms with Gasteiger partial charge >= 0.3 is 0 Å². The van der Waals surface area contributed by atoms with Crippen LogP contribution in [0.2, 0.25) is 0 Å². The van der Waals surface area contributed by atoms with Crippen LogP contribution in [0, 0.1) is 13.8 Å². The summed E-state index contributed by atoms with van der Waals surface area (Å²) in [5.41, 5.74) is 9.62. The molecule has 2 aromatic carbocycles. The number of nitrogens with one attached hydrogen (secondary N) is 1. The van der Waals surface area contributed by atoms with Gasteiger partial charge in [-0.25, -0.2) is 0 Å². The second kappa shape index (κ2) is 5.65. The number of benzene rings is 2. The van der Waals surface area contributed by atoms with Crippen LogP contribution in [0.4, 0.5) is 11.4 Å². The molecule has 0 unspecified atom stereocenters. The minimum Gasteiger partial charge on any atom is -0.495 e. The fraction of sp³-hybridized carbons (Fsp3) is 0.188. The molecule has 0 heterocycles. The number of ether oxygens (including phenoxy) is 1. The zero-order valence-corrected chi connectivity index (χ0v) is 11.9. The highest BCUT2D eigenvalue weighted by Crippen LogP contribution is 2.25. The van der Waals surface area contributed by atoms with Crippen molar-refractivity contribution in [2.45, 2.75) is 13.8 Å². The van der Waals surface area contributed by atoms with Crippen molar-refractivity contribution in [2.75, 3.05) is 18.2 Å². The average molecular weight is 270 g/mol. The number of nitrogen functional groups attached to an aromatic ring is 1. The van der Waals surface area contributed by atoms with Crippen molar-refractivity contribution in [3.8, 4) is 5.75 Å². The molecule has 0 aliphatic heterocycles. The van der Waals surface area contributed by atoms with Gasteiger partial charge in [-0.3, -0.25) is 4.79 Å². The molecule has 0 aliphatic rings. The maximum absolute atomic E-state index is 12.3. The monoisotopic (exact) mass is 270 g/mol. The molecule has 0 fully saturated rings. The second-order valence-corrected chi connectivity index (χ2v) is 4.73. The van der Waals surface area contributed by atoms with Crippen LogP contribution in [0.5, 0.6) is 5.75 Å². The predicted molar refractivity (Wildman–Crippen MR) is 81.3 cm³/mol. The van der Waals surface area contributed by atoms with Gasteiger partial charge in [0, 0.05) is 11.3 Å². The Balaban J connectivity index is 2.23. The fourth-order valence-corrected chi connectivity index (χ4v) is 1.99. The fourth-order valence-electron chi connectivity index (χ4n) is 1.99. The Morgan fingerprint density at radius 2 is 1.90 bits per heavy atom. The Hall–Kier alpha value is -2.49. The highest BCUT2D eigenvalue weighted by molar-refractivity contribution is 6.05. The van der Waals surface area contributed by atoms with E-state index in [1.807, 2.05) is 32.0 Å². The molecule has 4 heteroatoms. The molecule has 1 amide bonds. The van der Waals surface area contributed by atoms with Crippen LogP contribution in [0.25, 0.3) is 0 Å². The zero-order valence-electron chi connectivity index (χ0n) is 11.9. The molecule has 20 heavy (non-hydrogen) atoms. The molecule has 4 nitrogen and oxygen atoms in total. The topological polar surface area (TPSA) is 64.3 Å². The molecule has 0 saturated carbocycles. The van der Waals surface area contributed by atoms with E-state index < -0.39 is 0 Å². The smallest absolute Gasteiger partial charge is 0.255 e. The van der Waals surface area contributed by atoms with Gasteiger partial charge in [-0.15, -0.1) is 0 Å². The van der Waals surface area contributed by atoms with Crippen molar-refractivity contribution in [1.82, 2.24) is 0 Å². The first kappa shape index (κ1) is 13.9. The Morgan fingerprint density at radius 1 is 1.15 bits per heavy atom. The number of nitrogens with two attached hydrogens (primary N) is 1. The van der Waals surface area contributed by atoms with Crippen molar-refractivity contribution >= 4 is 17.3 Å². The second-order valence-electron chi connectivity index (χ2n) is 4.73. The van der Waals surface area contributed by atoms with E-state index in [4.69, 9.17) is 10.5 Å². The largest absolute Gasteiger partial charge is 0.495 e. The standard InChI is InChI=1S/C16H18N2O2/c1-10-4-5-11(2)13(8-10)16(19)18-12-6-7-15(20-3)14(17)9-12/h4-9H,17H2,1-3H3,(H,18,19). The van der Waals surface area contributed by atoms with Crippen LogP contribution in [0.1, 0.15) is 21.5 Å². The Bertz CT molecular complexity index is 651. The first-order valence-corrected chi connectivity index (χ1v) is 6.33. The lowest BCUT2D eigenvalue weighted by Gasteiger charge is -2.10. The van der Waals surface area contributed by atoms with Crippen LogP contribution in [-0.4, -0.2) is 13.0 Å². The van der Waals surface area contributed by atoms with Gasteiger partial charge in [-0.2, -0.15) is 0 Å². The van der Waals surface area contributed by atoms with Gasteiger partial charge in [-0.05, 0) is 43.7 Å². The van der Waals surface area contributed by atoms with E-state index in [-0.39, 0.29) is 5.91 Å². The molecule has 0 aromatic heterocycles. The van der Waals surface area contributed by atoms with E-state index in [0.29, 0.717) is 22.7 Å². The number of aryl methyl sites for hydroxylation is 2. The molecule has 0 atom stereocenters. The van der Waals surface area contributed by atoms with Gasteiger partial charge in [0.15, 0.2) is 0 Å². The van der Waals surface area contributed by atoms with E-state index in [2.05, 4.69) is 5.32 Å². The molecule has 3 N–H and O–H groups in total. The van der Waals surface area contributed by atoms with Crippen molar-refractivity contribution in [1.29, 1.82) is 0 Å². The lowest BCUT2D eigenvalue weighted by molar-refractivity contribution is 0.102. The molecule has 2 rings (SSSR count). The molecular formula is C16H18N2O2. The van der Waals surface area contributed by atoms with Gasteiger partial charge < -0.3 is 15.8 Å². The van der Waals surface area contributed by atoms with E-state index in [9.17, 15) is 4.79 Å². The number of hydrogen-bond acceptors (Lipinski definition) is 3. The molecule has 0 saturated heterocycles. The number of carbonyl (C=O) groups is 1. The summed E-state index contributed by atoms with van der Waals surface area (Å²) in [6, 6.07) is 11.0. The first-order chi connectivity index (χ1) is 9.51. The van der Waals surface area contributed by atoms with Crippen molar-refractivity contribution in [3.05, 3.63) is 53.1 Å². The normalized spacial score (nSPS) is 10.2. The van der Waals surface area contributed by atoms with Gasteiger partial charge in [0.1, 0.15) is 5.75 Å². The van der Waals surface area contributed by atoms with Gasteiger partial charge in [0.25, 0.3) is 5.91 Å². The summed E-state index contributed by atoms with van der Waals surface area (Å²) in [4.78, 5) is 12.3. The third-order valence-corrected chi connectivity index (χ3v) is 3.13. The summed E-state index contributed by atoms with van der Waals surface area (Å²) in [7, 11) is 1.56. The van der Waals surface area contributed by atoms with Gasteiger partial charge in [0.05, 0.1) is 12.8 Å². The summed E-state index contributed by atoms with van der Waals surface area (Å²) in [6.07, 6.45) is 0. The minimum atomic E-state index is -0.143. The van der Waals surface area contributed by atoms with E-state index in [0.717, 1.165) is 11.1 Å². The van der Waals surface area contributed by atoms with Crippen LogP contribution in [0.15, 0.2) is 36.4 Å². The van der Waals surface area contributed by atoms with Gasteiger partial charge in [0.2, 0.25) is 0 Å². The molecule has 0 radical (unpaired) electrons. The number of carbonyl (C=O) groups excluding carboxylic acids is 1. The Labute approximate surface area is 118 Å². The Morgan fingerprint density at radius 3 is 2.55 bits per heavy atom. The first-order valence-electron chi connectivity index (χ1n) is 6.33. The molecular weight excluding hydrogens is 252 g/mol. The van der Waals surface area contributed by atoms with E-state index >= 15 is 0 Å². The third-order valence-electron chi connectivity index (χ3n) is 3.13. The van der Waals surface area contributed by atoms with Crippen LogP contribution >= 0.6 is 0 Å². The summed E-state index contributed by atoms with van der Waals surface area (Å²) in [5.74, 6) is 0.450. The lowest BCUT2D eigenvalue weighted by Crippen LogP contribution is -2.13. The molecule has 0 spiro atoms. The predicted octanol–water partition coefficient (Wildman–Crippen LogP) is 3.15. The maximum atomic E-state index is 12.3. The highest BCUT2D eigenvalue weighted by Gasteiger charge is 2.10. The number of amides is 1. The highest BCUT2D eigenvalue weighted by atomic mass is 16.5. The molecule has 2 aromatic rings. The summed E-state index contributed by atoms with van der Waals surface area (Å²) in [5, 5.41) is 2.84. The van der Waals surface area contributed by atoms with Crippen molar-refractivity contribution in [2.24, 2.45) is 0 Å². The van der Waals surface area contributed by atoms with Crippen LogP contribution in [0.3, 0.4) is 0 Å². The van der Waals surface area contributed by atoms with Crippen LogP contribution < -0.4 is 15.8 Å². The molecule has 104 valence electrons. The lowest BCUT2D eigenvalue weighted by atomic mass is 10.0. The minimum absolute atomic E-state index is 0.143. The molecule has 0 bridgehead atoms. The number of anilines is 2. The van der Waals surface area contributed by atoms with Gasteiger partial charge in [-0.1, -0.05) is 17.7 Å². The maximum Gasteiger partial charge on any atom is 0.255 e. The van der Waals surface area contributed by atoms with Crippen LogP contribution in [-0.2, 0) is 0 Å². The third kappa shape index (κ3) is 2.91. The number of methoxy groups -OCH3 is 1. The summed E-state index contributed by atoms with van der Waals surface area (Å²) >= 11 is 0. The number of hydrogen-bond donors (Lipinski definition) is 2. The summed E-state index contributed by atoms with van der Waals surface area (Å²) in [6.45, 7) is 3.87. The Kier molecular flexibility index (Phi) is 3.94. The zero-order chi connectivity index (χ0) is 14.7. The SMILES string of the molecule is COc1ccc(NC(=O)c2cc(C)ccc2C)cc1N. The molecule has 0 aliphatic carbocycles. The summed E-state index contributed by atoms with van der Waals surface area (Å²) < 4.78 is 5.09. The number of rotatable bonds is 3. The quantitative estimate of drug-likeness (QED) is 0.842. The van der Waals surface area contributed by atoms with E-state index in [1.54, 1.807) is 25.3 Å². The van der Waals surface area contributed by atoms with Crippen molar-refractivity contribution < 1.29 is 9.53 Å². The van der Waals surface area contributed by atoms with Crippen molar-refractivity contribution in [3.63, 3.8) is 0 Å². The average Bonchev–Trinajstić information content (AvgIpc) is 2.41.